The second-order valence-corrected chi connectivity index (χ2v) is 7.81. The molecule has 1 atom stereocenters. The lowest BCUT2D eigenvalue weighted by atomic mass is 10.1. The Morgan fingerprint density at radius 3 is 3.00 bits per heavy atom. The van der Waals surface area contributed by atoms with E-state index >= 15 is 0 Å². The first-order valence-corrected chi connectivity index (χ1v) is 9.51. The molecule has 1 unspecified atom stereocenters. The maximum absolute atomic E-state index is 6.10. The van der Waals surface area contributed by atoms with E-state index in [1.807, 2.05) is 18.5 Å². The van der Waals surface area contributed by atoms with Gasteiger partial charge < -0.3 is 5.32 Å². The number of thiophene rings is 1. The second-order valence-electron chi connectivity index (χ2n) is 5.50. The van der Waals surface area contributed by atoms with E-state index in [-0.39, 0.29) is 0 Å². The maximum Gasteiger partial charge on any atom is 0.161 e. The fraction of sp³-hybridized carbons (Fsp3) is 0.533. The maximum atomic E-state index is 6.10. The van der Waals surface area contributed by atoms with Gasteiger partial charge in [-0.3, -0.25) is 4.90 Å². The number of rotatable bonds is 3. The Morgan fingerprint density at radius 1 is 1.52 bits per heavy atom. The monoisotopic (exact) mass is 341 g/mol. The minimum atomic E-state index is 0.686. The molecule has 3 heterocycles. The summed E-state index contributed by atoms with van der Waals surface area (Å²) in [6, 6.07) is 2.72. The van der Waals surface area contributed by atoms with Crippen molar-refractivity contribution in [1.82, 2.24) is 10.2 Å². The van der Waals surface area contributed by atoms with Crippen molar-refractivity contribution in [3.05, 3.63) is 26.9 Å². The molecule has 0 radical (unpaired) electrons. The first kappa shape index (κ1) is 15.4. The second kappa shape index (κ2) is 6.73. The third-order valence-electron chi connectivity index (χ3n) is 4.03. The quantitative estimate of drug-likeness (QED) is 0.903. The van der Waals surface area contributed by atoms with Gasteiger partial charge in [-0.1, -0.05) is 23.4 Å². The lowest BCUT2D eigenvalue weighted by Crippen LogP contribution is -2.31. The number of aliphatic imine (C=N–C) groups is 1. The molecule has 0 saturated carbocycles. The van der Waals surface area contributed by atoms with Gasteiger partial charge in [0.1, 0.15) is 0 Å². The molecule has 3 rings (SSSR count). The summed E-state index contributed by atoms with van der Waals surface area (Å²) in [5, 5.41) is 6.95. The van der Waals surface area contributed by atoms with Crippen molar-refractivity contribution in [2.24, 2.45) is 4.99 Å². The summed E-state index contributed by atoms with van der Waals surface area (Å²) in [6.45, 7) is 4.56. The van der Waals surface area contributed by atoms with Crippen molar-refractivity contribution >= 4 is 45.6 Å². The minimum absolute atomic E-state index is 0.686. The van der Waals surface area contributed by atoms with Crippen LogP contribution in [0.15, 0.2) is 22.0 Å². The average Bonchev–Trinajstić information content (AvgIpc) is 3.09. The van der Waals surface area contributed by atoms with E-state index in [0.717, 1.165) is 28.2 Å². The normalized spacial score (nSPS) is 23.6. The molecule has 1 aromatic rings. The molecular formula is C15H20ClN3S2. The van der Waals surface area contributed by atoms with Gasteiger partial charge in [0.15, 0.2) is 5.17 Å². The Bertz CT molecular complexity index is 579. The summed E-state index contributed by atoms with van der Waals surface area (Å²) in [5.41, 5.74) is 2.54. The SMILES string of the molecule is CNC1=NC(c2cc(Cl)cs2)=C(CN2CCCC2C)CS1. The molecule has 0 amide bonds. The molecule has 114 valence electrons. The van der Waals surface area contributed by atoms with Gasteiger partial charge in [-0.15, -0.1) is 11.3 Å². The number of hydrogen-bond donors (Lipinski definition) is 1. The van der Waals surface area contributed by atoms with E-state index in [0.29, 0.717) is 6.04 Å². The van der Waals surface area contributed by atoms with Gasteiger partial charge in [0.2, 0.25) is 0 Å². The van der Waals surface area contributed by atoms with Gasteiger partial charge in [-0.2, -0.15) is 0 Å². The molecular weight excluding hydrogens is 322 g/mol. The molecule has 6 heteroatoms. The van der Waals surface area contributed by atoms with E-state index in [9.17, 15) is 0 Å². The highest BCUT2D eigenvalue weighted by Crippen LogP contribution is 2.34. The Balaban J connectivity index is 1.91. The lowest BCUT2D eigenvalue weighted by molar-refractivity contribution is 0.292. The van der Waals surface area contributed by atoms with Gasteiger partial charge in [-0.05, 0) is 37.9 Å². The van der Waals surface area contributed by atoms with Gasteiger partial charge in [0.25, 0.3) is 0 Å². The predicted octanol–water partition coefficient (Wildman–Crippen LogP) is 3.92. The molecule has 2 aliphatic heterocycles. The molecule has 0 spiro atoms. The van der Waals surface area contributed by atoms with Crippen LogP contribution in [0.3, 0.4) is 0 Å². The molecule has 1 N–H and O–H groups in total. The third-order valence-corrected chi connectivity index (χ3v) is 6.38. The summed E-state index contributed by atoms with van der Waals surface area (Å²) in [6.07, 6.45) is 2.62. The van der Waals surface area contributed by atoms with Crippen LogP contribution < -0.4 is 5.32 Å². The smallest absolute Gasteiger partial charge is 0.161 e. The Morgan fingerprint density at radius 2 is 2.38 bits per heavy atom. The summed E-state index contributed by atoms with van der Waals surface area (Å²) < 4.78 is 0. The highest BCUT2D eigenvalue weighted by atomic mass is 35.5. The first-order valence-electron chi connectivity index (χ1n) is 7.27. The minimum Gasteiger partial charge on any atom is -0.368 e. The summed E-state index contributed by atoms with van der Waals surface area (Å²) in [7, 11) is 1.93. The fourth-order valence-corrected chi connectivity index (χ4v) is 4.78. The number of halogens is 1. The highest BCUT2D eigenvalue weighted by molar-refractivity contribution is 8.14. The van der Waals surface area contributed by atoms with Crippen LogP contribution in [0.1, 0.15) is 24.6 Å². The number of likely N-dealkylation sites (tertiary alicyclic amines) is 1. The molecule has 2 aliphatic rings. The summed E-state index contributed by atoms with van der Waals surface area (Å²) in [5.74, 6) is 1.01. The molecule has 0 aliphatic carbocycles. The third kappa shape index (κ3) is 3.47. The van der Waals surface area contributed by atoms with Crippen molar-refractivity contribution < 1.29 is 0 Å². The average molecular weight is 342 g/mol. The number of nitrogens with one attached hydrogen (secondary N) is 1. The van der Waals surface area contributed by atoms with Crippen LogP contribution in [-0.4, -0.2) is 42.0 Å². The largest absolute Gasteiger partial charge is 0.368 e. The molecule has 1 aromatic heterocycles. The number of nitrogens with zero attached hydrogens (tertiary/aromatic N) is 2. The zero-order valence-electron chi connectivity index (χ0n) is 12.4. The van der Waals surface area contributed by atoms with Crippen molar-refractivity contribution in [2.45, 2.75) is 25.8 Å². The first-order chi connectivity index (χ1) is 10.2. The van der Waals surface area contributed by atoms with E-state index < -0.39 is 0 Å². The van der Waals surface area contributed by atoms with E-state index in [1.54, 1.807) is 23.1 Å². The van der Waals surface area contributed by atoms with Crippen molar-refractivity contribution in [3.63, 3.8) is 0 Å². The van der Waals surface area contributed by atoms with Crippen LogP contribution in [0, 0.1) is 0 Å². The fourth-order valence-electron chi connectivity index (χ4n) is 2.82. The van der Waals surface area contributed by atoms with Gasteiger partial charge in [-0.25, -0.2) is 4.99 Å². The van der Waals surface area contributed by atoms with E-state index in [4.69, 9.17) is 16.6 Å². The standard InChI is InChI=1S/C15H20ClN3S2/c1-10-4-3-5-19(10)7-11-8-21-15(17-2)18-14(11)13-6-12(16)9-20-13/h6,9-10H,3-5,7-8H2,1-2H3,(H,17,18). The number of amidine groups is 1. The van der Waals surface area contributed by atoms with Crippen LogP contribution in [-0.2, 0) is 0 Å². The Hall–Kier alpha value is -0.490. The van der Waals surface area contributed by atoms with Gasteiger partial charge in [0.05, 0.1) is 15.6 Å². The van der Waals surface area contributed by atoms with Crippen LogP contribution in [0.2, 0.25) is 5.02 Å². The summed E-state index contributed by atoms with van der Waals surface area (Å²) in [4.78, 5) is 8.56. The molecule has 1 fully saturated rings. The van der Waals surface area contributed by atoms with Crippen molar-refractivity contribution in [3.8, 4) is 0 Å². The van der Waals surface area contributed by atoms with Crippen LogP contribution >= 0.6 is 34.7 Å². The van der Waals surface area contributed by atoms with Crippen molar-refractivity contribution in [1.29, 1.82) is 0 Å². The molecule has 21 heavy (non-hydrogen) atoms. The zero-order chi connectivity index (χ0) is 14.8. The van der Waals surface area contributed by atoms with Crippen LogP contribution in [0.5, 0.6) is 0 Å². The molecule has 1 saturated heterocycles. The Labute approximate surface area is 139 Å². The zero-order valence-corrected chi connectivity index (χ0v) is 14.7. The molecule has 0 bridgehead atoms. The Kier molecular flexibility index (Phi) is 4.94. The van der Waals surface area contributed by atoms with Gasteiger partial charge in [0, 0.05) is 30.8 Å². The van der Waals surface area contributed by atoms with Crippen LogP contribution in [0.25, 0.3) is 5.70 Å². The number of thioether (sulfide) groups is 1. The van der Waals surface area contributed by atoms with Gasteiger partial charge >= 0.3 is 0 Å². The topological polar surface area (TPSA) is 27.6 Å². The summed E-state index contributed by atoms with van der Waals surface area (Å²) >= 11 is 9.56. The molecule has 3 nitrogen and oxygen atoms in total. The van der Waals surface area contributed by atoms with Crippen molar-refractivity contribution in [2.75, 3.05) is 25.9 Å². The van der Waals surface area contributed by atoms with E-state index in [1.165, 1.54) is 29.8 Å². The lowest BCUT2D eigenvalue weighted by Gasteiger charge is -2.25. The van der Waals surface area contributed by atoms with Crippen LogP contribution in [0.4, 0.5) is 0 Å². The van der Waals surface area contributed by atoms with E-state index in [2.05, 4.69) is 17.1 Å². The predicted molar refractivity (Wildman–Crippen MR) is 95.5 cm³/mol. The molecule has 0 aromatic carbocycles. The highest BCUT2D eigenvalue weighted by Gasteiger charge is 2.25. The number of hydrogen-bond acceptors (Lipinski definition) is 5.